The van der Waals surface area contributed by atoms with Crippen molar-refractivity contribution in [1.29, 1.82) is 0 Å². The topological polar surface area (TPSA) is 76.9 Å². The van der Waals surface area contributed by atoms with E-state index in [0.717, 1.165) is 10.9 Å². The number of pyridine rings is 1. The van der Waals surface area contributed by atoms with Gasteiger partial charge >= 0.3 is 6.18 Å². The zero-order chi connectivity index (χ0) is 21.5. The smallest absolute Gasteiger partial charge is 0.343 e. The quantitative estimate of drug-likeness (QED) is 0.559. The van der Waals surface area contributed by atoms with Crippen LogP contribution in [-0.2, 0) is 7.05 Å². The molecule has 2 aromatic carbocycles. The summed E-state index contributed by atoms with van der Waals surface area (Å²) < 4.78 is 38.5. The molecule has 0 radical (unpaired) electrons. The van der Waals surface area contributed by atoms with Gasteiger partial charge in [-0.25, -0.2) is 4.98 Å². The van der Waals surface area contributed by atoms with Crippen LogP contribution in [-0.4, -0.2) is 33.2 Å². The van der Waals surface area contributed by atoms with Crippen molar-refractivity contribution in [3.8, 4) is 11.3 Å². The summed E-state index contributed by atoms with van der Waals surface area (Å²) in [6, 6.07) is 11.4. The molecular formula is C21H15F3N4O2. The number of fused-ring (bicyclic) bond motifs is 2. The fourth-order valence-corrected chi connectivity index (χ4v) is 3.08. The Morgan fingerprint density at radius 1 is 1.10 bits per heavy atom. The lowest BCUT2D eigenvalue weighted by Crippen LogP contribution is -2.33. The van der Waals surface area contributed by atoms with E-state index in [4.69, 9.17) is 0 Å². The number of hydrogen-bond donors (Lipinski definition) is 1. The highest BCUT2D eigenvalue weighted by Gasteiger charge is 2.28. The lowest BCUT2D eigenvalue weighted by molar-refractivity contribution is -0.123. The van der Waals surface area contributed by atoms with Crippen LogP contribution < -0.4 is 10.9 Å². The number of nitrogens with zero attached hydrogens (tertiary/aromatic N) is 3. The first-order valence-electron chi connectivity index (χ1n) is 8.93. The van der Waals surface area contributed by atoms with E-state index >= 15 is 0 Å². The average molecular weight is 412 g/mol. The molecule has 0 aliphatic heterocycles. The predicted octanol–water partition coefficient (Wildman–Crippen LogP) is 3.44. The van der Waals surface area contributed by atoms with E-state index in [0.29, 0.717) is 22.1 Å². The van der Waals surface area contributed by atoms with Gasteiger partial charge in [-0.05, 0) is 41.8 Å². The van der Waals surface area contributed by atoms with Crippen LogP contribution in [0.25, 0.3) is 33.1 Å². The number of carbonyl (C=O) groups is 1. The van der Waals surface area contributed by atoms with Crippen molar-refractivity contribution in [3.05, 3.63) is 70.8 Å². The minimum atomic E-state index is -4.49. The summed E-state index contributed by atoms with van der Waals surface area (Å²) in [5, 5.41) is 3.15. The summed E-state index contributed by atoms with van der Waals surface area (Å²) in [5.41, 5.74) is 2.05. The van der Waals surface area contributed by atoms with Gasteiger partial charge in [0.05, 0.1) is 22.9 Å². The highest BCUT2D eigenvalue weighted by molar-refractivity contribution is 5.97. The van der Waals surface area contributed by atoms with E-state index in [1.165, 1.54) is 22.8 Å². The SMILES string of the molecule is Cn1ccc2cc(-c3cnc4ccc(C(=O)NCC(F)(F)F)cc4n3)ccc2c1=O. The van der Waals surface area contributed by atoms with Crippen LogP contribution in [0.2, 0.25) is 0 Å². The Balaban J connectivity index is 1.70. The molecular weight excluding hydrogens is 397 g/mol. The molecule has 2 aromatic heterocycles. The maximum absolute atomic E-state index is 12.3. The Labute approximate surface area is 168 Å². The van der Waals surface area contributed by atoms with E-state index in [1.54, 1.807) is 31.6 Å². The summed E-state index contributed by atoms with van der Waals surface area (Å²) in [7, 11) is 1.67. The van der Waals surface area contributed by atoms with Crippen LogP contribution in [0.1, 0.15) is 10.4 Å². The Bertz CT molecular complexity index is 1350. The van der Waals surface area contributed by atoms with Crippen molar-refractivity contribution in [2.75, 3.05) is 6.54 Å². The van der Waals surface area contributed by atoms with Crippen LogP contribution in [0.4, 0.5) is 13.2 Å². The first kappa shape index (κ1) is 19.6. The van der Waals surface area contributed by atoms with Crippen LogP contribution in [0.15, 0.2) is 59.7 Å². The minimum absolute atomic E-state index is 0.0557. The number of nitrogens with one attached hydrogen (secondary N) is 1. The van der Waals surface area contributed by atoms with Gasteiger partial charge in [0.15, 0.2) is 0 Å². The first-order chi connectivity index (χ1) is 14.2. The molecule has 152 valence electrons. The molecule has 1 N–H and O–H groups in total. The fraction of sp³-hybridized carbons (Fsp3) is 0.143. The Morgan fingerprint density at radius 3 is 2.67 bits per heavy atom. The van der Waals surface area contributed by atoms with Crippen molar-refractivity contribution >= 4 is 27.7 Å². The van der Waals surface area contributed by atoms with Gasteiger partial charge in [0.25, 0.3) is 11.5 Å². The molecule has 1 amide bonds. The van der Waals surface area contributed by atoms with Gasteiger partial charge in [-0.2, -0.15) is 13.2 Å². The maximum atomic E-state index is 12.3. The summed E-state index contributed by atoms with van der Waals surface area (Å²) in [6.45, 7) is -1.41. The van der Waals surface area contributed by atoms with E-state index in [9.17, 15) is 22.8 Å². The van der Waals surface area contributed by atoms with Crippen molar-refractivity contribution in [1.82, 2.24) is 19.9 Å². The van der Waals surface area contributed by atoms with E-state index in [-0.39, 0.29) is 11.1 Å². The lowest BCUT2D eigenvalue weighted by atomic mass is 10.1. The molecule has 0 fully saturated rings. The summed E-state index contributed by atoms with van der Waals surface area (Å²) >= 11 is 0. The molecule has 9 heteroatoms. The van der Waals surface area contributed by atoms with Crippen molar-refractivity contribution in [2.45, 2.75) is 6.18 Å². The number of halogens is 3. The van der Waals surface area contributed by atoms with E-state index in [1.807, 2.05) is 17.4 Å². The van der Waals surface area contributed by atoms with Crippen LogP contribution >= 0.6 is 0 Å². The predicted molar refractivity (Wildman–Crippen MR) is 106 cm³/mol. The Hall–Kier alpha value is -3.75. The van der Waals surface area contributed by atoms with Crippen LogP contribution in [0.5, 0.6) is 0 Å². The third kappa shape index (κ3) is 3.86. The molecule has 0 aliphatic carbocycles. The molecule has 0 bridgehead atoms. The van der Waals surface area contributed by atoms with Gasteiger partial charge in [0, 0.05) is 29.8 Å². The number of aryl methyl sites for hydroxylation is 1. The number of hydrogen-bond acceptors (Lipinski definition) is 4. The first-order valence-corrected chi connectivity index (χ1v) is 8.93. The highest BCUT2D eigenvalue weighted by atomic mass is 19.4. The second-order valence-electron chi connectivity index (χ2n) is 6.79. The average Bonchev–Trinajstić information content (AvgIpc) is 2.73. The highest BCUT2D eigenvalue weighted by Crippen LogP contribution is 2.23. The molecule has 0 atom stereocenters. The molecule has 4 aromatic rings. The zero-order valence-corrected chi connectivity index (χ0v) is 15.7. The monoisotopic (exact) mass is 412 g/mol. The van der Waals surface area contributed by atoms with Gasteiger partial charge in [0.2, 0.25) is 0 Å². The van der Waals surface area contributed by atoms with Crippen molar-refractivity contribution in [2.24, 2.45) is 7.05 Å². The Morgan fingerprint density at radius 2 is 1.90 bits per heavy atom. The number of benzene rings is 2. The molecule has 30 heavy (non-hydrogen) atoms. The number of alkyl halides is 3. The second kappa shape index (κ2) is 7.25. The molecule has 0 spiro atoms. The summed E-state index contributed by atoms with van der Waals surface area (Å²) in [6.07, 6.45) is -1.25. The number of amides is 1. The molecule has 0 saturated carbocycles. The standard InChI is InChI=1S/C21H15F3N4O2/c1-28-7-6-12-8-13(2-4-15(12)20(28)30)18-10-25-16-5-3-14(9-17(16)27-18)19(29)26-11-21(22,23)24/h2-10H,11H2,1H3,(H,26,29). The number of rotatable bonds is 3. The van der Waals surface area contributed by atoms with Gasteiger partial charge in [-0.3, -0.25) is 14.6 Å². The molecule has 6 nitrogen and oxygen atoms in total. The third-order valence-electron chi connectivity index (χ3n) is 4.63. The van der Waals surface area contributed by atoms with Gasteiger partial charge in [-0.1, -0.05) is 6.07 Å². The molecule has 0 saturated heterocycles. The normalized spacial score (nSPS) is 11.7. The fourth-order valence-electron chi connectivity index (χ4n) is 3.08. The molecule has 4 rings (SSSR count). The third-order valence-corrected chi connectivity index (χ3v) is 4.63. The summed E-state index contributed by atoms with van der Waals surface area (Å²) in [4.78, 5) is 33.0. The minimum Gasteiger partial charge on any atom is -0.343 e. The molecule has 2 heterocycles. The molecule has 0 aliphatic rings. The van der Waals surface area contributed by atoms with Gasteiger partial charge < -0.3 is 9.88 Å². The van der Waals surface area contributed by atoms with Crippen molar-refractivity contribution < 1.29 is 18.0 Å². The van der Waals surface area contributed by atoms with Crippen LogP contribution in [0.3, 0.4) is 0 Å². The second-order valence-corrected chi connectivity index (χ2v) is 6.79. The Kier molecular flexibility index (Phi) is 4.73. The number of carbonyl (C=O) groups excluding carboxylic acids is 1. The maximum Gasteiger partial charge on any atom is 0.405 e. The van der Waals surface area contributed by atoms with Crippen molar-refractivity contribution in [3.63, 3.8) is 0 Å². The zero-order valence-electron chi connectivity index (χ0n) is 15.7. The van der Waals surface area contributed by atoms with Gasteiger partial charge in [-0.15, -0.1) is 0 Å². The number of aromatic nitrogens is 3. The summed E-state index contributed by atoms with van der Waals surface area (Å²) in [5.74, 6) is -0.844. The molecule has 0 unspecified atom stereocenters. The van der Waals surface area contributed by atoms with Crippen LogP contribution in [0, 0.1) is 0 Å². The lowest BCUT2D eigenvalue weighted by Gasteiger charge is -2.09. The van der Waals surface area contributed by atoms with Gasteiger partial charge in [0.1, 0.15) is 6.54 Å². The van der Waals surface area contributed by atoms with E-state index in [2.05, 4.69) is 9.97 Å². The largest absolute Gasteiger partial charge is 0.405 e. The van der Waals surface area contributed by atoms with E-state index < -0.39 is 18.6 Å².